The van der Waals surface area contributed by atoms with Crippen LogP contribution in [0.5, 0.6) is 0 Å². The fourth-order valence-electron chi connectivity index (χ4n) is 5.16. The minimum atomic E-state index is -0.399. The molecule has 7 heteroatoms. The third-order valence-corrected chi connectivity index (χ3v) is 7.16. The first-order chi connectivity index (χ1) is 17.4. The molecule has 2 aromatic carbocycles. The van der Waals surface area contributed by atoms with Gasteiger partial charge in [0, 0.05) is 24.7 Å². The molecule has 2 aliphatic rings. The minimum Gasteiger partial charge on any atom is -0.366 e. The fourth-order valence-corrected chi connectivity index (χ4v) is 5.16. The van der Waals surface area contributed by atoms with Gasteiger partial charge < -0.3 is 4.90 Å². The second kappa shape index (κ2) is 9.64. The maximum Gasteiger partial charge on any atom is 0.278 e. The highest BCUT2D eigenvalue weighted by Crippen LogP contribution is 2.37. The lowest BCUT2D eigenvalue weighted by atomic mass is 9.96. The average Bonchev–Trinajstić information content (AvgIpc) is 3.33. The third-order valence-electron chi connectivity index (χ3n) is 7.16. The molecular weight excluding hydrogens is 452 g/mol. The quantitative estimate of drug-likeness (QED) is 0.534. The maximum atomic E-state index is 14.0. The Morgan fingerprint density at radius 1 is 0.889 bits per heavy atom. The van der Waals surface area contributed by atoms with E-state index in [1.165, 1.54) is 9.58 Å². The SMILES string of the molecule is CC1CCN(C2=C(c3c(-c4ccccc4)[nH]n(Cc4ccccc4)c3=O)C(=O)N(C(C)C)C2=O)CC1. The summed E-state index contributed by atoms with van der Waals surface area (Å²) in [5, 5.41) is 3.27. The van der Waals surface area contributed by atoms with E-state index in [0.717, 1.165) is 24.0 Å². The molecule has 5 rings (SSSR count). The molecule has 0 saturated carbocycles. The van der Waals surface area contributed by atoms with Gasteiger partial charge in [0.05, 0.1) is 23.4 Å². The molecule has 36 heavy (non-hydrogen) atoms. The van der Waals surface area contributed by atoms with Gasteiger partial charge in [-0.3, -0.25) is 24.4 Å². The zero-order valence-corrected chi connectivity index (χ0v) is 21.0. The van der Waals surface area contributed by atoms with Gasteiger partial charge in [0.15, 0.2) is 0 Å². The predicted octanol–water partition coefficient (Wildman–Crippen LogP) is 4.11. The van der Waals surface area contributed by atoms with E-state index in [-0.39, 0.29) is 28.6 Å². The molecule has 0 radical (unpaired) electrons. The molecule has 0 spiro atoms. The number of carbonyl (C=O) groups excluding carboxylic acids is 2. The molecule has 0 bridgehead atoms. The van der Waals surface area contributed by atoms with Gasteiger partial charge in [0.2, 0.25) is 0 Å². The number of benzene rings is 2. The van der Waals surface area contributed by atoms with E-state index in [4.69, 9.17) is 0 Å². The summed E-state index contributed by atoms with van der Waals surface area (Å²) in [5.74, 6) is -0.147. The van der Waals surface area contributed by atoms with E-state index in [9.17, 15) is 14.4 Å². The molecule has 2 amide bonds. The van der Waals surface area contributed by atoms with Crippen molar-refractivity contribution in [1.82, 2.24) is 19.6 Å². The van der Waals surface area contributed by atoms with Gasteiger partial charge in [-0.05, 0) is 38.2 Å². The number of aromatic nitrogens is 2. The Morgan fingerprint density at radius 3 is 2.11 bits per heavy atom. The summed E-state index contributed by atoms with van der Waals surface area (Å²) in [6.45, 7) is 7.58. The highest BCUT2D eigenvalue weighted by molar-refractivity contribution is 6.36. The van der Waals surface area contributed by atoms with Crippen molar-refractivity contribution < 1.29 is 9.59 Å². The van der Waals surface area contributed by atoms with Crippen LogP contribution in [-0.2, 0) is 16.1 Å². The zero-order valence-electron chi connectivity index (χ0n) is 21.0. The van der Waals surface area contributed by atoms with Crippen LogP contribution in [0.25, 0.3) is 16.8 Å². The van der Waals surface area contributed by atoms with Gasteiger partial charge in [-0.15, -0.1) is 0 Å². The van der Waals surface area contributed by atoms with Crippen LogP contribution in [0.2, 0.25) is 0 Å². The topological polar surface area (TPSA) is 78.4 Å². The van der Waals surface area contributed by atoms with Crippen molar-refractivity contribution in [2.75, 3.05) is 13.1 Å². The van der Waals surface area contributed by atoms with Crippen LogP contribution in [0.4, 0.5) is 0 Å². The molecule has 0 aliphatic carbocycles. The summed E-state index contributed by atoms with van der Waals surface area (Å²) in [6, 6.07) is 18.9. The summed E-state index contributed by atoms with van der Waals surface area (Å²) >= 11 is 0. The van der Waals surface area contributed by atoms with Crippen LogP contribution in [0, 0.1) is 5.92 Å². The standard InChI is InChI=1S/C29H32N4O3/c1-19(2)33-28(35)24(26(29(33)36)31-16-14-20(3)15-17-31)23-25(22-12-8-5-9-13-22)30-32(27(23)34)18-21-10-6-4-7-11-21/h4-13,19-20,30H,14-18H2,1-3H3. The molecular formula is C29H32N4O3. The number of piperidine rings is 1. The minimum absolute atomic E-state index is 0.218. The molecule has 7 nitrogen and oxygen atoms in total. The predicted molar refractivity (Wildman–Crippen MR) is 140 cm³/mol. The van der Waals surface area contributed by atoms with Gasteiger partial charge in [-0.25, -0.2) is 4.68 Å². The Balaban J connectivity index is 1.72. The molecule has 186 valence electrons. The normalized spacial score (nSPS) is 17.1. The van der Waals surface area contributed by atoms with Crippen molar-refractivity contribution >= 4 is 17.4 Å². The van der Waals surface area contributed by atoms with Crippen molar-refractivity contribution in [1.29, 1.82) is 0 Å². The fraction of sp³-hybridized carbons (Fsp3) is 0.345. The number of aromatic amines is 1. The summed E-state index contributed by atoms with van der Waals surface area (Å²) in [7, 11) is 0. The van der Waals surface area contributed by atoms with Crippen molar-refractivity contribution in [3.8, 4) is 11.3 Å². The number of H-pyrrole nitrogens is 1. The van der Waals surface area contributed by atoms with E-state index in [1.807, 2.05) is 79.4 Å². The number of nitrogens with one attached hydrogen (secondary N) is 1. The lowest BCUT2D eigenvalue weighted by Gasteiger charge is -2.33. The third kappa shape index (κ3) is 4.19. The first kappa shape index (κ1) is 23.9. The van der Waals surface area contributed by atoms with Crippen LogP contribution < -0.4 is 5.56 Å². The molecule has 0 atom stereocenters. The van der Waals surface area contributed by atoms with Crippen molar-refractivity contribution in [3.05, 3.63) is 87.8 Å². The first-order valence-electron chi connectivity index (χ1n) is 12.7. The molecule has 1 fully saturated rings. The lowest BCUT2D eigenvalue weighted by Crippen LogP contribution is -2.41. The Labute approximate surface area is 211 Å². The van der Waals surface area contributed by atoms with Gasteiger partial charge in [-0.1, -0.05) is 67.6 Å². The molecule has 3 heterocycles. The molecule has 1 aromatic heterocycles. The highest BCUT2D eigenvalue weighted by atomic mass is 16.2. The number of hydrogen-bond donors (Lipinski definition) is 1. The lowest BCUT2D eigenvalue weighted by molar-refractivity contribution is -0.139. The second-order valence-corrected chi connectivity index (χ2v) is 10.1. The van der Waals surface area contributed by atoms with Crippen LogP contribution in [0.3, 0.4) is 0 Å². The summed E-state index contributed by atoms with van der Waals surface area (Å²) in [6.07, 6.45) is 1.88. The van der Waals surface area contributed by atoms with E-state index in [2.05, 4.69) is 12.0 Å². The first-order valence-corrected chi connectivity index (χ1v) is 12.7. The number of rotatable bonds is 6. The van der Waals surface area contributed by atoms with Gasteiger partial charge in [-0.2, -0.15) is 0 Å². The average molecular weight is 485 g/mol. The van der Waals surface area contributed by atoms with E-state index >= 15 is 0 Å². The molecule has 3 aromatic rings. The monoisotopic (exact) mass is 484 g/mol. The van der Waals surface area contributed by atoms with Crippen LogP contribution >= 0.6 is 0 Å². The number of hydrogen-bond acceptors (Lipinski definition) is 4. The van der Waals surface area contributed by atoms with Crippen LogP contribution in [0.15, 0.2) is 71.2 Å². The van der Waals surface area contributed by atoms with Crippen LogP contribution in [-0.4, -0.2) is 50.5 Å². The van der Waals surface area contributed by atoms with E-state index in [1.54, 1.807) is 0 Å². The number of carbonyl (C=O) groups is 2. The Bertz CT molecular complexity index is 1360. The summed E-state index contributed by atoms with van der Waals surface area (Å²) in [5.41, 5.74) is 2.86. The van der Waals surface area contributed by atoms with Gasteiger partial charge in [0.1, 0.15) is 5.70 Å². The summed E-state index contributed by atoms with van der Waals surface area (Å²) in [4.78, 5) is 44.8. The smallest absolute Gasteiger partial charge is 0.278 e. The molecule has 2 aliphatic heterocycles. The summed E-state index contributed by atoms with van der Waals surface area (Å²) < 4.78 is 1.53. The number of amides is 2. The Morgan fingerprint density at radius 2 is 1.50 bits per heavy atom. The number of likely N-dealkylation sites (tertiary alicyclic amines) is 1. The van der Waals surface area contributed by atoms with Crippen molar-refractivity contribution in [3.63, 3.8) is 0 Å². The van der Waals surface area contributed by atoms with Crippen LogP contribution in [0.1, 0.15) is 44.7 Å². The molecule has 1 N–H and O–H groups in total. The Kier molecular flexibility index (Phi) is 6.39. The van der Waals surface area contributed by atoms with Gasteiger partial charge >= 0.3 is 0 Å². The maximum absolute atomic E-state index is 14.0. The zero-order chi connectivity index (χ0) is 25.4. The van der Waals surface area contributed by atoms with Gasteiger partial charge in [0.25, 0.3) is 17.4 Å². The van der Waals surface area contributed by atoms with E-state index in [0.29, 0.717) is 36.9 Å². The highest BCUT2D eigenvalue weighted by Gasteiger charge is 2.45. The Hall–Kier alpha value is -3.87. The largest absolute Gasteiger partial charge is 0.366 e. The molecule has 1 saturated heterocycles. The molecule has 0 unspecified atom stereocenters. The second-order valence-electron chi connectivity index (χ2n) is 10.1. The van der Waals surface area contributed by atoms with Crippen molar-refractivity contribution in [2.24, 2.45) is 5.92 Å². The van der Waals surface area contributed by atoms with E-state index < -0.39 is 5.91 Å². The number of nitrogens with zero attached hydrogens (tertiary/aromatic N) is 3. The number of imide groups is 1. The van der Waals surface area contributed by atoms with Crippen molar-refractivity contribution in [2.45, 2.75) is 46.2 Å².